The van der Waals surface area contributed by atoms with Gasteiger partial charge in [0.05, 0.1) is 11.0 Å². The van der Waals surface area contributed by atoms with Crippen LogP contribution in [0.25, 0.3) is 11.0 Å². The van der Waals surface area contributed by atoms with E-state index < -0.39 is 30.0 Å². The molecule has 0 saturated carbocycles. The van der Waals surface area contributed by atoms with Crippen LogP contribution in [0.2, 0.25) is 0 Å². The number of benzene rings is 2. The lowest BCUT2D eigenvalue weighted by Crippen LogP contribution is -2.54. The molecule has 2 atom stereocenters. The zero-order valence-electron chi connectivity index (χ0n) is 17.9. The van der Waals surface area contributed by atoms with Gasteiger partial charge in [0, 0.05) is 13.1 Å². The zero-order chi connectivity index (χ0) is 22.8. The number of fused-ring (bicyclic) bond motifs is 3. The number of hydrogen-bond donors (Lipinski definition) is 3. The van der Waals surface area contributed by atoms with Crippen molar-refractivity contribution in [3.63, 3.8) is 0 Å². The average Bonchev–Trinajstić information content (AvgIpc) is 3.35. The minimum atomic E-state index is -1.21. The largest absolute Gasteiger partial charge is 0.479 e. The molecule has 4 rings (SSSR count). The maximum atomic E-state index is 13.1. The molecular formula is C23H25N5O4. The summed E-state index contributed by atoms with van der Waals surface area (Å²) in [5.41, 5.74) is 2.20. The summed E-state index contributed by atoms with van der Waals surface area (Å²) < 4.78 is 1.97. The molecule has 0 aliphatic carbocycles. The number of nitrogens with one attached hydrogen (secondary N) is 2. The molecule has 0 fully saturated rings. The second-order valence-corrected chi connectivity index (χ2v) is 8.07. The first-order valence-electron chi connectivity index (χ1n) is 10.5. The van der Waals surface area contributed by atoms with Crippen molar-refractivity contribution in [2.45, 2.75) is 32.5 Å². The lowest BCUT2D eigenvalue weighted by molar-refractivity contribution is -0.142. The van der Waals surface area contributed by atoms with E-state index in [4.69, 9.17) is 0 Å². The lowest BCUT2D eigenvalue weighted by Gasteiger charge is -2.26. The van der Waals surface area contributed by atoms with Gasteiger partial charge in [-0.15, -0.1) is 0 Å². The van der Waals surface area contributed by atoms with E-state index in [0.717, 1.165) is 11.0 Å². The number of amides is 3. The van der Waals surface area contributed by atoms with Crippen molar-refractivity contribution < 1.29 is 19.5 Å². The summed E-state index contributed by atoms with van der Waals surface area (Å²) in [6, 6.07) is 13.5. The lowest BCUT2D eigenvalue weighted by atomic mass is 10.0. The highest BCUT2D eigenvalue weighted by Crippen LogP contribution is 2.27. The van der Waals surface area contributed by atoms with Crippen LogP contribution in [0.3, 0.4) is 0 Å². The number of carbonyl (C=O) groups excluding carboxylic acids is 2. The summed E-state index contributed by atoms with van der Waals surface area (Å²) >= 11 is 0. The van der Waals surface area contributed by atoms with Crippen molar-refractivity contribution in [3.8, 4) is 0 Å². The first-order chi connectivity index (χ1) is 15.4. The summed E-state index contributed by atoms with van der Waals surface area (Å²) in [4.78, 5) is 43.9. The molecular weight excluding hydrogens is 410 g/mol. The molecule has 0 saturated heterocycles. The molecule has 3 aromatic rings. The predicted octanol–water partition coefficient (Wildman–Crippen LogP) is 2.53. The van der Waals surface area contributed by atoms with Crippen molar-refractivity contribution in [2.75, 3.05) is 11.4 Å². The van der Waals surface area contributed by atoms with Crippen LogP contribution in [-0.2, 0) is 16.1 Å². The molecule has 0 bridgehead atoms. The molecule has 9 nitrogen and oxygen atoms in total. The Balaban J connectivity index is 1.51. The second-order valence-electron chi connectivity index (χ2n) is 8.07. The maximum Gasteiger partial charge on any atom is 0.330 e. The van der Waals surface area contributed by atoms with Gasteiger partial charge in [-0.1, -0.05) is 56.3 Å². The fourth-order valence-corrected chi connectivity index (χ4v) is 3.89. The highest BCUT2D eigenvalue weighted by molar-refractivity contribution is 5.97. The summed E-state index contributed by atoms with van der Waals surface area (Å²) in [7, 11) is 0. The molecule has 2 aromatic carbocycles. The van der Waals surface area contributed by atoms with E-state index in [2.05, 4.69) is 15.6 Å². The van der Waals surface area contributed by atoms with Crippen molar-refractivity contribution in [2.24, 2.45) is 5.92 Å². The van der Waals surface area contributed by atoms with Gasteiger partial charge in [0.2, 0.25) is 11.9 Å². The molecule has 1 aromatic heterocycles. The molecule has 0 unspecified atom stereocenters. The Morgan fingerprint density at radius 1 is 0.969 bits per heavy atom. The molecule has 3 N–H and O–H groups in total. The average molecular weight is 435 g/mol. The first-order valence-corrected chi connectivity index (χ1v) is 10.5. The fraction of sp³-hybridized carbons (Fsp3) is 0.304. The number of carbonyl (C=O) groups is 3. The number of carboxylic acid groups (broad SMARTS) is 1. The van der Waals surface area contributed by atoms with Gasteiger partial charge < -0.3 is 20.3 Å². The Bertz CT molecular complexity index is 1160. The molecule has 9 heteroatoms. The van der Waals surface area contributed by atoms with Gasteiger partial charge in [0.1, 0.15) is 6.04 Å². The van der Waals surface area contributed by atoms with Gasteiger partial charge in [0.25, 0.3) is 0 Å². The monoisotopic (exact) mass is 435 g/mol. The Morgan fingerprint density at radius 2 is 1.66 bits per heavy atom. The van der Waals surface area contributed by atoms with Gasteiger partial charge in [-0.25, -0.2) is 14.6 Å². The summed E-state index contributed by atoms with van der Waals surface area (Å²) in [5, 5.41) is 14.9. The van der Waals surface area contributed by atoms with Crippen molar-refractivity contribution in [1.29, 1.82) is 0 Å². The number of nitrogens with zero attached hydrogens (tertiary/aromatic N) is 3. The number of aliphatic carboxylic acids is 1. The normalized spacial score (nSPS) is 14.8. The standard InChI is InChI=1S/C23H25N5O4/c1-14(2)18(20(29)25-19(21(30)31)15-8-4-3-5-9-15)26-23(32)28-13-12-27-17-11-7-6-10-16(17)24-22(27)28/h3-11,14,18-19H,12-13H2,1-2H3,(H,25,29)(H,26,32)(H,30,31)/t18-,19+/m0/s1. The van der Waals surface area contributed by atoms with E-state index in [0.29, 0.717) is 24.6 Å². The second kappa shape index (κ2) is 8.70. The summed E-state index contributed by atoms with van der Waals surface area (Å²) in [6.45, 7) is 4.63. The zero-order valence-corrected chi connectivity index (χ0v) is 17.9. The highest BCUT2D eigenvalue weighted by atomic mass is 16.4. The predicted molar refractivity (Wildman–Crippen MR) is 119 cm³/mol. The molecule has 0 radical (unpaired) electrons. The molecule has 2 heterocycles. The van der Waals surface area contributed by atoms with Crippen LogP contribution in [0.5, 0.6) is 0 Å². The van der Waals surface area contributed by atoms with E-state index in [1.807, 2.05) is 28.8 Å². The van der Waals surface area contributed by atoms with Crippen LogP contribution in [0.1, 0.15) is 25.5 Å². The number of urea groups is 1. The smallest absolute Gasteiger partial charge is 0.330 e. The van der Waals surface area contributed by atoms with E-state index >= 15 is 0 Å². The molecule has 32 heavy (non-hydrogen) atoms. The third-order valence-corrected chi connectivity index (χ3v) is 5.56. The molecule has 3 amide bonds. The third-order valence-electron chi connectivity index (χ3n) is 5.56. The number of carboxylic acids is 1. The quantitative estimate of drug-likeness (QED) is 0.550. The number of imidazole rings is 1. The van der Waals surface area contributed by atoms with Gasteiger partial charge >= 0.3 is 12.0 Å². The number of rotatable bonds is 6. The van der Waals surface area contributed by atoms with Crippen LogP contribution in [0, 0.1) is 5.92 Å². The van der Waals surface area contributed by atoms with Crippen LogP contribution in [0.15, 0.2) is 54.6 Å². The van der Waals surface area contributed by atoms with Crippen LogP contribution >= 0.6 is 0 Å². The van der Waals surface area contributed by atoms with Gasteiger partial charge in [-0.05, 0) is 23.6 Å². The Kier molecular flexibility index (Phi) is 5.81. The Morgan fingerprint density at radius 3 is 2.34 bits per heavy atom. The SMILES string of the molecule is CC(C)[C@H](NC(=O)N1CCn2c1nc1ccccc12)C(=O)N[C@@H](C(=O)O)c1ccccc1. The van der Waals surface area contributed by atoms with E-state index in [1.165, 1.54) is 4.90 Å². The van der Waals surface area contributed by atoms with E-state index in [1.54, 1.807) is 44.2 Å². The van der Waals surface area contributed by atoms with Crippen molar-refractivity contribution >= 4 is 34.9 Å². The highest BCUT2D eigenvalue weighted by Gasteiger charge is 2.34. The molecule has 1 aliphatic rings. The minimum absolute atomic E-state index is 0.259. The van der Waals surface area contributed by atoms with Crippen molar-refractivity contribution in [1.82, 2.24) is 20.2 Å². The third kappa shape index (κ3) is 4.01. The van der Waals surface area contributed by atoms with Gasteiger partial charge in [-0.2, -0.15) is 0 Å². The fourth-order valence-electron chi connectivity index (χ4n) is 3.89. The number of hydrogen-bond acceptors (Lipinski definition) is 4. The topological polar surface area (TPSA) is 117 Å². The Hall–Kier alpha value is -3.88. The van der Waals surface area contributed by atoms with Crippen LogP contribution in [0.4, 0.5) is 10.7 Å². The van der Waals surface area contributed by atoms with Crippen LogP contribution < -0.4 is 15.5 Å². The maximum absolute atomic E-state index is 13.1. The van der Waals surface area contributed by atoms with Gasteiger partial charge in [-0.3, -0.25) is 9.69 Å². The minimum Gasteiger partial charge on any atom is -0.479 e. The summed E-state index contributed by atoms with van der Waals surface area (Å²) in [5.74, 6) is -1.46. The summed E-state index contributed by atoms with van der Waals surface area (Å²) in [6.07, 6.45) is 0. The Labute approximate surface area is 185 Å². The van der Waals surface area contributed by atoms with E-state index in [-0.39, 0.29) is 5.92 Å². The first kappa shape index (κ1) is 21.4. The number of para-hydroxylation sites is 2. The number of aromatic nitrogens is 2. The number of anilines is 1. The van der Waals surface area contributed by atoms with Crippen molar-refractivity contribution in [3.05, 3.63) is 60.2 Å². The van der Waals surface area contributed by atoms with Crippen LogP contribution in [-0.4, -0.2) is 45.2 Å². The molecule has 1 aliphatic heterocycles. The molecule has 0 spiro atoms. The molecule has 166 valence electrons. The van der Waals surface area contributed by atoms with E-state index in [9.17, 15) is 19.5 Å². The van der Waals surface area contributed by atoms with Gasteiger partial charge in [0.15, 0.2) is 6.04 Å².